The average molecular weight is 317 g/mol. The number of hydrogen-bond donors (Lipinski definition) is 0. The van der Waals surface area contributed by atoms with Gasteiger partial charge in [-0.3, -0.25) is 9.36 Å². The van der Waals surface area contributed by atoms with Gasteiger partial charge in [-0.2, -0.15) is 22.7 Å². The minimum atomic E-state index is -0.509. The molecule has 106 valence electrons. The lowest BCUT2D eigenvalue weighted by molar-refractivity contribution is -0.117. The Labute approximate surface area is 128 Å². The molecule has 0 aliphatic heterocycles. The zero-order valence-electron chi connectivity index (χ0n) is 11.1. The van der Waals surface area contributed by atoms with E-state index in [1.807, 2.05) is 33.7 Å². The van der Waals surface area contributed by atoms with Crippen molar-refractivity contribution in [3.63, 3.8) is 0 Å². The number of hydrogen-bond acceptors (Lipinski definition) is 6. The second-order valence-corrected chi connectivity index (χ2v) is 6.05. The van der Waals surface area contributed by atoms with Crippen molar-refractivity contribution in [2.75, 3.05) is 0 Å². The molecule has 3 rings (SSSR count). The Morgan fingerprint density at radius 1 is 1.14 bits per heavy atom. The van der Waals surface area contributed by atoms with Crippen molar-refractivity contribution in [1.29, 1.82) is 0 Å². The van der Waals surface area contributed by atoms with Gasteiger partial charge in [-0.15, -0.1) is 5.10 Å². The molecule has 0 aromatic carbocycles. The van der Waals surface area contributed by atoms with Crippen LogP contribution in [-0.4, -0.2) is 20.5 Å². The molecule has 0 bridgehead atoms. The molecular formula is C14H11N3O2S2. The summed E-state index contributed by atoms with van der Waals surface area (Å²) in [7, 11) is 0. The molecule has 0 radical (unpaired) electrons. The van der Waals surface area contributed by atoms with Gasteiger partial charge in [0.1, 0.15) is 11.5 Å². The topological polar surface area (TPSA) is 64.8 Å². The summed E-state index contributed by atoms with van der Waals surface area (Å²) in [6, 6.07) is 3.83. The van der Waals surface area contributed by atoms with Crippen molar-refractivity contribution < 1.29 is 4.79 Å². The molecule has 0 saturated carbocycles. The van der Waals surface area contributed by atoms with Gasteiger partial charge in [-0.25, -0.2) is 4.79 Å². The van der Waals surface area contributed by atoms with Gasteiger partial charge in [-0.05, 0) is 29.8 Å². The lowest BCUT2D eigenvalue weighted by atomic mass is 10.1. The molecule has 3 aromatic heterocycles. The third-order valence-corrected chi connectivity index (χ3v) is 4.30. The third kappa shape index (κ3) is 2.70. The first-order chi connectivity index (χ1) is 10.2. The van der Waals surface area contributed by atoms with Crippen molar-refractivity contribution in [2.45, 2.75) is 13.5 Å². The molecule has 0 spiro atoms. The molecule has 7 heteroatoms. The van der Waals surface area contributed by atoms with E-state index < -0.39 is 5.69 Å². The molecule has 0 fully saturated rings. The first-order valence-electron chi connectivity index (χ1n) is 6.19. The fraction of sp³-hybridized carbons (Fsp3) is 0.143. The van der Waals surface area contributed by atoms with Crippen molar-refractivity contribution in [3.05, 3.63) is 44.1 Å². The van der Waals surface area contributed by atoms with Crippen LogP contribution in [0.25, 0.3) is 22.5 Å². The first-order valence-corrected chi connectivity index (χ1v) is 8.07. The van der Waals surface area contributed by atoms with Crippen LogP contribution in [0, 0.1) is 0 Å². The standard InChI is InChI=1S/C14H11N3O2S2/c1-9(18)6-17-13(11-3-5-21-8-11)12(15-16-14(17)19)10-2-4-20-7-10/h2-5,7-8H,6H2,1H3. The number of nitrogens with zero attached hydrogens (tertiary/aromatic N) is 3. The summed E-state index contributed by atoms with van der Waals surface area (Å²) in [5.41, 5.74) is 2.52. The number of rotatable bonds is 4. The maximum Gasteiger partial charge on any atom is 0.367 e. The molecule has 3 heterocycles. The molecule has 0 aliphatic carbocycles. The van der Waals surface area contributed by atoms with Crippen molar-refractivity contribution in [1.82, 2.24) is 14.8 Å². The Balaban J connectivity index is 2.31. The minimum Gasteiger partial charge on any atom is -0.298 e. The number of carbonyl (C=O) groups excluding carboxylic acids is 1. The molecule has 0 N–H and O–H groups in total. The summed E-state index contributed by atoms with van der Waals surface area (Å²) in [6.45, 7) is 1.45. The summed E-state index contributed by atoms with van der Waals surface area (Å²) in [6.07, 6.45) is 0. The van der Waals surface area contributed by atoms with E-state index in [1.165, 1.54) is 22.8 Å². The smallest absolute Gasteiger partial charge is 0.298 e. The van der Waals surface area contributed by atoms with E-state index in [0.717, 1.165) is 11.1 Å². The quantitative estimate of drug-likeness (QED) is 0.742. The van der Waals surface area contributed by atoms with Crippen molar-refractivity contribution in [2.24, 2.45) is 0 Å². The van der Waals surface area contributed by atoms with E-state index >= 15 is 0 Å². The van der Waals surface area contributed by atoms with Gasteiger partial charge in [0.15, 0.2) is 0 Å². The SMILES string of the molecule is CC(=O)Cn1c(-c2ccsc2)c(-c2ccsc2)nnc1=O. The Kier molecular flexibility index (Phi) is 3.76. The monoisotopic (exact) mass is 317 g/mol. The lowest BCUT2D eigenvalue weighted by Crippen LogP contribution is -2.28. The second kappa shape index (κ2) is 5.71. The maximum absolute atomic E-state index is 12.0. The summed E-state index contributed by atoms with van der Waals surface area (Å²) in [4.78, 5) is 23.5. The molecule has 0 aliphatic rings. The fourth-order valence-electron chi connectivity index (χ4n) is 2.07. The Morgan fingerprint density at radius 3 is 2.38 bits per heavy atom. The van der Waals surface area contributed by atoms with E-state index in [-0.39, 0.29) is 12.3 Å². The van der Waals surface area contributed by atoms with Crippen LogP contribution in [0.5, 0.6) is 0 Å². The number of ketones is 1. The largest absolute Gasteiger partial charge is 0.367 e. The van der Waals surface area contributed by atoms with Crippen LogP contribution in [0.1, 0.15) is 6.92 Å². The predicted octanol–water partition coefficient (Wildman–Crippen LogP) is 2.68. The molecule has 3 aromatic rings. The van der Waals surface area contributed by atoms with Crippen LogP contribution < -0.4 is 5.69 Å². The summed E-state index contributed by atoms with van der Waals surface area (Å²) in [5, 5.41) is 15.5. The van der Waals surface area contributed by atoms with Crippen LogP contribution in [0.3, 0.4) is 0 Å². The van der Waals surface area contributed by atoms with Crippen molar-refractivity contribution >= 4 is 28.5 Å². The number of thiophene rings is 2. The van der Waals surface area contributed by atoms with Crippen LogP contribution >= 0.6 is 22.7 Å². The van der Waals surface area contributed by atoms with Gasteiger partial charge in [0.05, 0.1) is 12.2 Å². The van der Waals surface area contributed by atoms with Crippen LogP contribution in [0.4, 0.5) is 0 Å². The van der Waals surface area contributed by atoms with E-state index in [2.05, 4.69) is 10.2 Å². The van der Waals surface area contributed by atoms with E-state index in [4.69, 9.17) is 0 Å². The molecule has 0 amide bonds. The lowest BCUT2D eigenvalue weighted by Gasteiger charge is -2.12. The first kappa shape index (κ1) is 13.8. The van der Waals surface area contributed by atoms with Gasteiger partial charge in [-0.1, -0.05) is 5.10 Å². The zero-order chi connectivity index (χ0) is 14.8. The van der Waals surface area contributed by atoms with E-state index in [0.29, 0.717) is 11.4 Å². The average Bonchev–Trinajstić information content (AvgIpc) is 3.12. The van der Waals surface area contributed by atoms with Gasteiger partial charge in [0, 0.05) is 21.9 Å². The highest BCUT2D eigenvalue weighted by Gasteiger charge is 2.18. The van der Waals surface area contributed by atoms with E-state index in [1.54, 1.807) is 11.3 Å². The van der Waals surface area contributed by atoms with Gasteiger partial charge >= 0.3 is 5.69 Å². The fourth-order valence-corrected chi connectivity index (χ4v) is 3.35. The minimum absolute atomic E-state index is 0.00330. The summed E-state index contributed by atoms with van der Waals surface area (Å²) in [5.74, 6) is -0.0992. The third-order valence-electron chi connectivity index (χ3n) is 2.93. The zero-order valence-corrected chi connectivity index (χ0v) is 12.8. The van der Waals surface area contributed by atoms with Crippen LogP contribution in [-0.2, 0) is 11.3 Å². The maximum atomic E-state index is 12.0. The molecule has 0 unspecified atom stereocenters. The van der Waals surface area contributed by atoms with Crippen LogP contribution in [0.15, 0.2) is 38.4 Å². The summed E-state index contributed by atoms with van der Waals surface area (Å²) < 4.78 is 1.39. The highest BCUT2D eigenvalue weighted by Crippen LogP contribution is 2.31. The van der Waals surface area contributed by atoms with Crippen molar-refractivity contribution in [3.8, 4) is 22.5 Å². The number of aromatic nitrogens is 3. The Hall–Kier alpha value is -2.12. The molecule has 0 atom stereocenters. The number of Topliss-reactive ketones (excluding diaryl/α,β-unsaturated/α-hetero) is 1. The molecule has 21 heavy (non-hydrogen) atoms. The second-order valence-electron chi connectivity index (χ2n) is 4.49. The molecular weight excluding hydrogens is 306 g/mol. The molecule has 5 nitrogen and oxygen atoms in total. The van der Waals surface area contributed by atoms with E-state index in [9.17, 15) is 9.59 Å². The highest BCUT2D eigenvalue weighted by molar-refractivity contribution is 7.08. The Morgan fingerprint density at radius 2 is 1.81 bits per heavy atom. The highest BCUT2D eigenvalue weighted by atomic mass is 32.1. The summed E-state index contributed by atoms with van der Waals surface area (Å²) >= 11 is 3.07. The van der Waals surface area contributed by atoms with Gasteiger partial charge in [0.2, 0.25) is 0 Å². The van der Waals surface area contributed by atoms with Gasteiger partial charge in [0.25, 0.3) is 0 Å². The molecule has 0 saturated heterocycles. The van der Waals surface area contributed by atoms with Crippen LogP contribution in [0.2, 0.25) is 0 Å². The number of carbonyl (C=O) groups is 1. The Bertz CT molecular complexity index is 821. The predicted molar refractivity (Wildman–Crippen MR) is 83.6 cm³/mol. The normalized spacial score (nSPS) is 10.7. The van der Waals surface area contributed by atoms with Gasteiger partial charge < -0.3 is 0 Å².